The van der Waals surface area contributed by atoms with Crippen molar-refractivity contribution in [3.63, 3.8) is 0 Å². The third kappa shape index (κ3) is 3.33. The standard InChI is InChI=1S/C26H28N4O5/c1-13-4-9-17-22(14(13)2)28-25(34)26(17)21-20(18(29-26)10-11-19(27)31)23(32)30(24(21)33)12-15-5-7-16(35-3)8-6-15/h4-9,18,20-21,29H,10-12H2,1-3H3,(H2,27,31)(H,28,34)/t18?,20-,21+,26?/m1/s1. The maximum absolute atomic E-state index is 13.8. The predicted octanol–water partition coefficient (Wildman–Crippen LogP) is 1.50. The average Bonchev–Trinajstić information content (AvgIpc) is 3.41. The molecule has 2 aromatic rings. The molecule has 0 bridgehead atoms. The van der Waals surface area contributed by atoms with E-state index in [9.17, 15) is 19.2 Å². The van der Waals surface area contributed by atoms with Gasteiger partial charge in [0.1, 0.15) is 11.3 Å². The zero-order valence-corrected chi connectivity index (χ0v) is 19.9. The summed E-state index contributed by atoms with van der Waals surface area (Å²) >= 11 is 0. The number of hydrogen-bond donors (Lipinski definition) is 3. The van der Waals surface area contributed by atoms with Crippen molar-refractivity contribution >= 4 is 29.3 Å². The number of rotatable bonds is 6. The molecule has 2 saturated heterocycles. The van der Waals surface area contributed by atoms with Gasteiger partial charge in [0.05, 0.1) is 25.5 Å². The quantitative estimate of drug-likeness (QED) is 0.542. The average molecular weight is 477 g/mol. The summed E-state index contributed by atoms with van der Waals surface area (Å²) in [6.07, 6.45) is 0.291. The van der Waals surface area contributed by atoms with Gasteiger partial charge in [0, 0.05) is 23.7 Å². The highest BCUT2D eigenvalue weighted by molar-refractivity contribution is 6.15. The van der Waals surface area contributed by atoms with Gasteiger partial charge >= 0.3 is 0 Å². The molecule has 0 radical (unpaired) electrons. The van der Waals surface area contributed by atoms with Crippen molar-refractivity contribution in [2.24, 2.45) is 17.6 Å². The number of likely N-dealkylation sites (tertiary alicyclic amines) is 1. The minimum absolute atomic E-state index is 0.0400. The predicted molar refractivity (Wildman–Crippen MR) is 127 cm³/mol. The fraction of sp³-hybridized carbons (Fsp3) is 0.385. The first-order chi connectivity index (χ1) is 16.7. The van der Waals surface area contributed by atoms with Crippen LogP contribution in [0.3, 0.4) is 0 Å². The summed E-state index contributed by atoms with van der Waals surface area (Å²) in [5.41, 5.74) is 8.03. The van der Waals surface area contributed by atoms with E-state index in [-0.39, 0.29) is 31.2 Å². The molecule has 4 amide bonds. The molecule has 3 aliphatic rings. The van der Waals surface area contributed by atoms with Gasteiger partial charge in [-0.1, -0.05) is 24.3 Å². The summed E-state index contributed by atoms with van der Waals surface area (Å²) in [6.45, 7) is 3.96. The van der Waals surface area contributed by atoms with E-state index in [0.717, 1.165) is 16.7 Å². The van der Waals surface area contributed by atoms with Crippen molar-refractivity contribution in [2.75, 3.05) is 12.4 Å². The molecule has 5 rings (SSSR count). The van der Waals surface area contributed by atoms with Crippen LogP contribution in [0.4, 0.5) is 5.69 Å². The molecule has 1 spiro atoms. The minimum Gasteiger partial charge on any atom is -0.497 e. The lowest BCUT2D eigenvalue weighted by atomic mass is 9.76. The van der Waals surface area contributed by atoms with Crippen molar-refractivity contribution in [3.8, 4) is 5.75 Å². The molecule has 4 N–H and O–H groups in total. The summed E-state index contributed by atoms with van der Waals surface area (Å²) in [5, 5.41) is 6.29. The molecule has 3 aliphatic heterocycles. The zero-order chi connectivity index (χ0) is 25.1. The Kier molecular flexibility index (Phi) is 5.40. The molecule has 3 heterocycles. The van der Waals surface area contributed by atoms with Crippen LogP contribution in [0.1, 0.15) is 35.1 Å². The van der Waals surface area contributed by atoms with Crippen LogP contribution in [0, 0.1) is 25.7 Å². The number of carbonyl (C=O) groups is 4. The molecule has 2 aromatic carbocycles. The molecular weight excluding hydrogens is 448 g/mol. The fourth-order valence-electron chi connectivity index (χ4n) is 5.79. The smallest absolute Gasteiger partial charge is 0.250 e. The van der Waals surface area contributed by atoms with Gasteiger partial charge < -0.3 is 15.8 Å². The number of nitrogens with one attached hydrogen (secondary N) is 2. The summed E-state index contributed by atoms with van der Waals surface area (Å²) in [6, 6.07) is 10.4. The lowest BCUT2D eigenvalue weighted by molar-refractivity contribution is -0.143. The Bertz CT molecular complexity index is 1260. The number of benzene rings is 2. The van der Waals surface area contributed by atoms with Crippen molar-refractivity contribution in [1.82, 2.24) is 10.2 Å². The van der Waals surface area contributed by atoms with Crippen LogP contribution < -0.4 is 21.1 Å². The first-order valence-corrected chi connectivity index (χ1v) is 11.6. The largest absolute Gasteiger partial charge is 0.497 e. The monoisotopic (exact) mass is 476 g/mol. The number of amides is 4. The minimum atomic E-state index is -1.39. The van der Waals surface area contributed by atoms with E-state index in [1.165, 1.54) is 4.90 Å². The van der Waals surface area contributed by atoms with Gasteiger partial charge in [-0.15, -0.1) is 0 Å². The van der Waals surface area contributed by atoms with Crippen LogP contribution in [-0.4, -0.2) is 41.7 Å². The van der Waals surface area contributed by atoms with Crippen LogP contribution in [0.5, 0.6) is 5.75 Å². The SMILES string of the molecule is COc1ccc(CN2C(=O)[C@@H]3C(CCC(N)=O)NC4(C(=O)Nc5c4ccc(C)c5C)[C@@H]3C2=O)cc1. The number of nitrogens with zero attached hydrogens (tertiary/aromatic N) is 1. The highest BCUT2D eigenvalue weighted by Crippen LogP contribution is 2.54. The van der Waals surface area contributed by atoms with E-state index in [4.69, 9.17) is 10.5 Å². The summed E-state index contributed by atoms with van der Waals surface area (Å²) in [5.74, 6) is -2.63. The summed E-state index contributed by atoms with van der Waals surface area (Å²) in [4.78, 5) is 53.9. The molecule has 4 atom stereocenters. The van der Waals surface area contributed by atoms with Crippen molar-refractivity contribution < 1.29 is 23.9 Å². The Morgan fingerprint density at radius 2 is 1.80 bits per heavy atom. The van der Waals surface area contributed by atoms with Crippen LogP contribution in [0.25, 0.3) is 0 Å². The first-order valence-electron chi connectivity index (χ1n) is 11.6. The second-order valence-electron chi connectivity index (χ2n) is 9.56. The molecule has 9 nitrogen and oxygen atoms in total. The number of carbonyl (C=O) groups excluding carboxylic acids is 4. The number of anilines is 1. The van der Waals surface area contributed by atoms with Crippen LogP contribution in [-0.2, 0) is 31.3 Å². The Balaban J connectivity index is 1.57. The Labute approximate surface area is 203 Å². The van der Waals surface area contributed by atoms with E-state index >= 15 is 0 Å². The van der Waals surface area contributed by atoms with Crippen molar-refractivity contribution in [3.05, 3.63) is 58.7 Å². The van der Waals surface area contributed by atoms with Crippen LogP contribution >= 0.6 is 0 Å². The van der Waals surface area contributed by atoms with Crippen molar-refractivity contribution in [2.45, 2.75) is 44.8 Å². The summed E-state index contributed by atoms with van der Waals surface area (Å²) in [7, 11) is 1.57. The Morgan fingerprint density at radius 3 is 2.46 bits per heavy atom. The number of methoxy groups -OCH3 is 1. The highest BCUT2D eigenvalue weighted by Gasteiger charge is 2.70. The molecule has 2 unspecified atom stereocenters. The lowest BCUT2D eigenvalue weighted by Gasteiger charge is -2.29. The topological polar surface area (TPSA) is 131 Å². The van der Waals surface area contributed by atoms with E-state index in [1.54, 1.807) is 31.4 Å². The fourth-order valence-corrected chi connectivity index (χ4v) is 5.79. The van der Waals surface area contributed by atoms with Gasteiger partial charge in [-0.3, -0.25) is 29.4 Å². The number of aryl methyl sites for hydroxylation is 1. The number of hydrogen-bond acceptors (Lipinski definition) is 6. The second-order valence-corrected chi connectivity index (χ2v) is 9.56. The third-order valence-electron chi connectivity index (χ3n) is 7.71. The number of ether oxygens (including phenoxy) is 1. The number of fused-ring (bicyclic) bond motifs is 4. The van der Waals surface area contributed by atoms with Crippen LogP contribution in [0.15, 0.2) is 36.4 Å². The zero-order valence-electron chi connectivity index (χ0n) is 19.9. The van der Waals surface area contributed by atoms with Gasteiger partial charge in [0.2, 0.25) is 23.6 Å². The Morgan fingerprint density at radius 1 is 1.09 bits per heavy atom. The van der Waals surface area contributed by atoms with Crippen molar-refractivity contribution in [1.29, 1.82) is 0 Å². The van der Waals surface area contributed by atoms with E-state index in [1.807, 2.05) is 26.0 Å². The van der Waals surface area contributed by atoms with Gasteiger partial charge in [0.25, 0.3) is 0 Å². The third-order valence-corrected chi connectivity index (χ3v) is 7.71. The number of primary amides is 1. The first kappa shape index (κ1) is 23.0. The second kappa shape index (κ2) is 8.20. The van der Waals surface area contributed by atoms with Gasteiger partial charge in [-0.05, 0) is 49.1 Å². The van der Waals surface area contributed by atoms with Gasteiger partial charge in [-0.25, -0.2) is 0 Å². The molecular formula is C26H28N4O5. The van der Waals surface area contributed by atoms with E-state index in [2.05, 4.69) is 10.6 Å². The molecule has 35 heavy (non-hydrogen) atoms. The van der Waals surface area contributed by atoms with Gasteiger partial charge in [0.15, 0.2) is 0 Å². The molecule has 182 valence electrons. The van der Waals surface area contributed by atoms with E-state index in [0.29, 0.717) is 17.0 Å². The molecule has 0 aromatic heterocycles. The number of nitrogens with two attached hydrogens (primary N) is 1. The normalized spacial score (nSPS) is 26.8. The molecule has 0 aliphatic carbocycles. The number of imide groups is 1. The maximum atomic E-state index is 13.8. The van der Waals surface area contributed by atoms with Crippen LogP contribution in [0.2, 0.25) is 0 Å². The lowest BCUT2D eigenvalue weighted by Crippen LogP contribution is -2.53. The Hall–Kier alpha value is -3.72. The maximum Gasteiger partial charge on any atom is 0.250 e. The highest BCUT2D eigenvalue weighted by atomic mass is 16.5. The molecule has 2 fully saturated rings. The summed E-state index contributed by atoms with van der Waals surface area (Å²) < 4.78 is 5.19. The molecule has 9 heteroatoms. The molecule has 0 saturated carbocycles. The van der Waals surface area contributed by atoms with E-state index < -0.39 is 35.2 Å². The van der Waals surface area contributed by atoms with Gasteiger partial charge in [-0.2, -0.15) is 0 Å².